The van der Waals surface area contributed by atoms with Gasteiger partial charge >= 0.3 is 0 Å². The number of hydrogen-bond acceptors (Lipinski definition) is 2. The summed E-state index contributed by atoms with van der Waals surface area (Å²) < 4.78 is 25.1. The highest BCUT2D eigenvalue weighted by Crippen LogP contribution is 2.31. The van der Waals surface area contributed by atoms with Gasteiger partial charge in [-0.05, 0) is 19.1 Å². The number of halogens is 3. The Kier molecular flexibility index (Phi) is 3.21. The van der Waals surface area contributed by atoms with Crippen molar-refractivity contribution in [3.8, 4) is 0 Å². The van der Waals surface area contributed by atoms with Crippen molar-refractivity contribution in [2.45, 2.75) is 13.3 Å². The smallest absolute Gasteiger partial charge is 0.264 e. The Hall–Kier alpha value is -0.970. The van der Waals surface area contributed by atoms with Gasteiger partial charge in [0.25, 0.3) is 6.43 Å². The number of carbonyl (C=O) groups excluding carboxylic acids is 1. The predicted octanol–water partition coefficient (Wildman–Crippen LogP) is 3.17. The molecule has 0 unspecified atom stereocenters. The third-order valence-corrected chi connectivity index (χ3v) is 2.47. The van der Waals surface area contributed by atoms with Crippen LogP contribution in [0.1, 0.15) is 29.3 Å². The highest BCUT2D eigenvalue weighted by atomic mass is 79.9. The molecule has 14 heavy (non-hydrogen) atoms. The summed E-state index contributed by atoms with van der Waals surface area (Å²) in [4.78, 5) is 11.0. The lowest BCUT2D eigenvalue weighted by molar-refractivity contribution is 0.101. The van der Waals surface area contributed by atoms with E-state index in [1.54, 1.807) is 0 Å². The zero-order valence-corrected chi connectivity index (χ0v) is 8.94. The van der Waals surface area contributed by atoms with Crippen LogP contribution >= 0.6 is 15.9 Å². The molecule has 0 heterocycles. The molecular weight excluding hydrogens is 256 g/mol. The van der Waals surface area contributed by atoms with Gasteiger partial charge in [0, 0.05) is 21.3 Å². The van der Waals surface area contributed by atoms with Gasteiger partial charge in [0.1, 0.15) is 0 Å². The van der Waals surface area contributed by atoms with Crippen molar-refractivity contribution < 1.29 is 13.6 Å². The Morgan fingerprint density at radius 3 is 2.50 bits per heavy atom. The molecule has 0 bridgehead atoms. The minimum absolute atomic E-state index is 0.128. The first kappa shape index (κ1) is 11.1. The van der Waals surface area contributed by atoms with E-state index in [9.17, 15) is 13.6 Å². The van der Waals surface area contributed by atoms with Gasteiger partial charge in [0.15, 0.2) is 5.78 Å². The monoisotopic (exact) mass is 263 g/mol. The van der Waals surface area contributed by atoms with Gasteiger partial charge in [0.05, 0.1) is 0 Å². The summed E-state index contributed by atoms with van der Waals surface area (Å²) in [6.45, 7) is 1.29. The Morgan fingerprint density at radius 2 is 2.07 bits per heavy atom. The molecule has 0 saturated heterocycles. The standard InChI is InChI=1S/C9H8BrF2NO/c1-4(14)5-2-6(9(11)12)7(10)3-8(5)13/h2-3,9H,13H2,1H3. The fourth-order valence-electron chi connectivity index (χ4n) is 1.08. The van der Waals surface area contributed by atoms with Crippen molar-refractivity contribution in [2.24, 2.45) is 0 Å². The quantitative estimate of drug-likeness (QED) is 0.658. The van der Waals surface area contributed by atoms with E-state index in [0.29, 0.717) is 0 Å². The SMILES string of the molecule is CC(=O)c1cc(C(F)F)c(Br)cc1N. The zero-order valence-electron chi connectivity index (χ0n) is 7.35. The Labute approximate surface area is 88.2 Å². The molecule has 1 aromatic rings. The van der Waals surface area contributed by atoms with E-state index in [1.807, 2.05) is 0 Å². The molecule has 5 heteroatoms. The highest BCUT2D eigenvalue weighted by molar-refractivity contribution is 9.10. The molecule has 0 spiro atoms. The molecule has 0 amide bonds. The number of nitrogens with two attached hydrogens (primary N) is 1. The molecular formula is C9H8BrF2NO. The lowest BCUT2D eigenvalue weighted by atomic mass is 10.1. The lowest BCUT2D eigenvalue weighted by Gasteiger charge is -2.08. The van der Waals surface area contributed by atoms with Crippen LogP contribution in [0.2, 0.25) is 0 Å². The summed E-state index contributed by atoms with van der Waals surface area (Å²) in [5.41, 5.74) is 5.61. The molecule has 76 valence electrons. The number of carbonyl (C=O) groups is 1. The molecule has 0 aliphatic carbocycles. The Bertz CT molecular complexity index is 379. The van der Waals surface area contributed by atoms with E-state index in [0.717, 1.165) is 6.07 Å². The number of anilines is 1. The van der Waals surface area contributed by atoms with Crippen LogP contribution in [-0.2, 0) is 0 Å². The first-order valence-corrected chi connectivity index (χ1v) is 4.60. The first-order chi connectivity index (χ1) is 6.43. The van der Waals surface area contributed by atoms with Crippen LogP contribution in [-0.4, -0.2) is 5.78 Å². The van der Waals surface area contributed by atoms with Crippen LogP contribution in [0.15, 0.2) is 16.6 Å². The molecule has 0 aliphatic heterocycles. The fraction of sp³-hybridized carbons (Fsp3) is 0.222. The average Bonchev–Trinajstić information content (AvgIpc) is 2.02. The molecule has 0 radical (unpaired) electrons. The second-order valence-electron chi connectivity index (χ2n) is 2.82. The molecule has 0 atom stereocenters. The van der Waals surface area contributed by atoms with E-state index in [4.69, 9.17) is 5.73 Å². The van der Waals surface area contributed by atoms with E-state index < -0.39 is 6.43 Å². The van der Waals surface area contributed by atoms with Gasteiger partial charge in [-0.2, -0.15) is 0 Å². The summed E-state index contributed by atoms with van der Waals surface area (Å²) in [5, 5.41) is 0. The number of Topliss-reactive ketones (excluding diaryl/α,β-unsaturated/α-hetero) is 1. The van der Waals surface area contributed by atoms with Gasteiger partial charge in [0.2, 0.25) is 0 Å². The normalized spacial score (nSPS) is 10.6. The number of rotatable bonds is 2. The largest absolute Gasteiger partial charge is 0.398 e. The molecule has 2 nitrogen and oxygen atoms in total. The van der Waals surface area contributed by atoms with Crippen molar-refractivity contribution in [3.63, 3.8) is 0 Å². The van der Waals surface area contributed by atoms with Crippen molar-refractivity contribution >= 4 is 27.4 Å². The van der Waals surface area contributed by atoms with Crippen LogP contribution in [0.25, 0.3) is 0 Å². The van der Waals surface area contributed by atoms with Gasteiger partial charge in [-0.3, -0.25) is 4.79 Å². The number of ketones is 1. The van der Waals surface area contributed by atoms with Crippen molar-refractivity contribution in [2.75, 3.05) is 5.73 Å². The van der Waals surface area contributed by atoms with Crippen LogP contribution in [0.4, 0.5) is 14.5 Å². The highest BCUT2D eigenvalue weighted by Gasteiger charge is 2.16. The summed E-state index contributed by atoms with van der Waals surface area (Å²) in [7, 11) is 0. The molecule has 1 aromatic carbocycles. The minimum Gasteiger partial charge on any atom is -0.398 e. The maximum absolute atomic E-state index is 12.4. The van der Waals surface area contributed by atoms with Crippen molar-refractivity contribution in [1.29, 1.82) is 0 Å². The first-order valence-electron chi connectivity index (χ1n) is 3.81. The number of nitrogen functional groups attached to an aromatic ring is 1. The van der Waals surface area contributed by atoms with Crippen LogP contribution in [0.5, 0.6) is 0 Å². The summed E-state index contributed by atoms with van der Waals surface area (Å²) >= 11 is 2.96. The molecule has 1 rings (SSSR count). The Balaban J connectivity index is 3.34. The molecule has 2 N–H and O–H groups in total. The molecule has 0 aromatic heterocycles. The maximum atomic E-state index is 12.4. The lowest BCUT2D eigenvalue weighted by Crippen LogP contribution is -2.02. The van der Waals surface area contributed by atoms with E-state index in [1.165, 1.54) is 13.0 Å². The molecule has 0 fully saturated rings. The van der Waals surface area contributed by atoms with E-state index in [-0.39, 0.29) is 27.1 Å². The average molecular weight is 264 g/mol. The summed E-state index contributed by atoms with van der Waals surface area (Å²) in [5.74, 6) is -0.322. The zero-order chi connectivity index (χ0) is 10.9. The van der Waals surface area contributed by atoms with Crippen molar-refractivity contribution in [3.05, 3.63) is 27.7 Å². The van der Waals surface area contributed by atoms with Crippen LogP contribution in [0.3, 0.4) is 0 Å². The fourth-order valence-corrected chi connectivity index (χ4v) is 1.61. The van der Waals surface area contributed by atoms with Gasteiger partial charge < -0.3 is 5.73 Å². The molecule has 0 aliphatic rings. The second-order valence-corrected chi connectivity index (χ2v) is 3.67. The third kappa shape index (κ3) is 2.09. The third-order valence-electron chi connectivity index (χ3n) is 1.78. The minimum atomic E-state index is -2.62. The van der Waals surface area contributed by atoms with Crippen molar-refractivity contribution in [1.82, 2.24) is 0 Å². The second kappa shape index (κ2) is 4.04. The summed E-state index contributed by atoms with van der Waals surface area (Å²) in [6.07, 6.45) is -2.62. The predicted molar refractivity (Wildman–Crippen MR) is 53.5 cm³/mol. The number of alkyl halides is 2. The number of benzene rings is 1. The maximum Gasteiger partial charge on any atom is 0.264 e. The molecule has 0 saturated carbocycles. The number of hydrogen-bond donors (Lipinski definition) is 1. The van der Waals surface area contributed by atoms with Gasteiger partial charge in [-0.1, -0.05) is 15.9 Å². The van der Waals surface area contributed by atoms with Crippen LogP contribution in [0, 0.1) is 0 Å². The van der Waals surface area contributed by atoms with E-state index in [2.05, 4.69) is 15.9 Å². The van der Waals surface area contributed by atoms with E-state index >= 15 is 0 Å². The Morgan fingerprint density at radius 1 is 1.50 bits per heavy atom. The topological polar surface area (TPSA) is 43.1 Å². The van der Waals surface area contributed by atoms with Gasteiger partial charge in [-0.15, -0.1) is 0 Å². The van der Waals surface area contributed by atoms with Gasteiger partial charge in [-0.25, -0.2) is 8.78 Å². The van der Waals surface area contributed by atoms with Crippen LogP contribution < -0.4 is 5.73 Å². The summed E-state index contributed by atoms with van der Waals surface area (Å²) in [6, 6.07) is 2.44.